The van der Waals surface area contributed by atoms with Crippen molar-refractivity contribution < 1.29 is 0 Å². The maximum absolute atomic E-state index is 5.54. The van der Waals surface area contributed by atoms with Gasteiger partial charge in [0.05, 0.1) is 0 Å². The highest BCUT2D eigenvalue weighted by Gasteiger charge is 2.15. The summed E-state index contributed by atoms with van der Waals surface area (Å²) in [5.74, 6) is 1.13. The molecule has 0 aliphatic carbocycles. The van der Waals surface area contributed by atoms with E-state index >= 15 is 0 Å². The molecule has 2 heterocycles. The molecular weight excluding hydrogens is 248 g/mol. The van der Waals surface area contributed by atoms with Gasteiger partial charge in [0.2, 0.25) is 0 Å². The number of pyridine rings is 1. The summed E-state index contributed by atoms with van der Waals surface area (Å²) in [5, 5.41) is 0. The van der Waals surface area contributed by atoms with Gasteiger partial charge >= 0.3 is 0 Å². The minimum atomic E-state index is 0.826. The van der Waals surface area contributed by atoms with E-state index in [1.165, 1.54) is 37.9 Å². The molecule has 1 saturated heterocycles. The average molecular weight is 276 g/mol. The lowest BCUT2D eigenvalue weighted by atomic mass is 10.2. The molecule has 0 radical (unpaired) electrons. The van der Waals surface area contributed by atoms with E-state index in [9.17, 15) is 0 Å². The van der Waals surface area contributed by atoms with Gasteiger partial charge in [-0.25, -0.2) is 4.98 Å². The van der Waals surface area contributed by atoms with E-state index in [1.54, 1.807) is 0 Å². The monoisotopic (exact) mass is 276 g/mol. The summed E-state index contributed by atoms with van der Waals surface area (Å²) in [6, 6.07) is 4.30. The third-order valence-corrected chi connectivity index (χ3v) is 3.99. The van der Waals surface area contributed by atoms with Crippen LogP contribution < -0.4 is 10.6 Å². The highest BCUT2D eigenvalue weighted by Crippen LogP contribution is 2.14. The highest BCUT2D eigenvalue weighted by atomic mass is 15.2. The molecule has 20 heavy (non-hydrogen) atoms. The Morgan fingerprint density at radius 1 is 1.10 bits per heavy atom. The first-order valence-corrected chi connectivity index (χ1v) is 7.89. The third-order valence-electron chi connectivity index (χ3n) is 3.99. The molecular formula is C16H28N4. The fraction of sp³-hybridized carbons (Fsp3) is 0.688. The lowest BCUT2D eigenvalue weighted by Gasteiger charge is -2.22. The van der Waals surface area contributed by atoms with Gasteiger partial charge in [-0.3, -0.25) is 0 Å². The molecule has 2 N–H and O–H groups in total. The van der Waals surface area contributed by atoms with Crippen LogP contribution in [0.15, 0.2) is 18.3 Å². The fourth-order valence-electron chi connectivity index (χ4n) is 2.73. The van der Waals surface area contributed by atoms with Crippen LogP contribution in [0.5, 0.6) is 0 Å². The topological polar surface area (TPSA) is 45.4 Å². The SMILES string of the molecule is Cc1ccc(N2CCCN(CCCCCN)CC2)nc1. The first-order valence-electron chi connectivity index (χ1n) is 7.89. The number of hydrogen-bond donors (Lipinski definition) is 1. The standard InChI is InChI=1S/C16H28N4/c1-15-6-7-16(18-14-15)20-11-5-10-19(12-13-20)9-4-2-3-8-17/h6-7,14H,2-5,8-13,17H2,1H3. The molecule has 0 unspecified atom stereocenters. The van der Waals surface area contributed by atoms with Gasteiger partial charge in [0.15, 0.2) is 0 Å². The van der Waals surface area contributed by atoms with Gasteiger partial charge in [-0.2, -0.15) is 0 Å². The molecule has 0 aromatic carbocycles. The van der Waals surface area contributed by atoms with Gasteiger partial charge in [-0.05, 0) is 57.5 Å². The number of anilines is 1. The van der Waals surface area contributed by atoms with E-state index in [1.807, 2.05) is 6.20 Å². The molecule has 1 aliphatic heterocycles. The molecule has 1 fully saturated rings. The third kappa shape index (κ3) is 4.76. The van der Waals surface area contributed by atoms with Crippen LogP contribution in [0.3, 0.4) is 0 Å². The summed E-state index contributed by atoms with van der Waals surface area (Å²) in [6.07, 6.45) is 6.89. The number of nitrogens with zero attached hydrogens (tertiary/aromatic N) is 3. The molecule has 0 bridgehead atoms. The largest absolute Gasteiger partial charge is 0.355 e. The van der Waals surface area contributed by atoms with Crippen LogP contribution in [0.2, 0.25) is 0 Å². The van der Waals surface area contributed by atoms with Gasteiger partial charge < -0.3 is 15.5 Å². The van der Waals surface area contributed by atoms with Crippen LogP contribution in [0.1, 0.15) is 31.2 Å². The molecule has 2 rings (SSSR count). The van der Waals surface area contributed by atoms with Crippen molar-refractivity contribution in [3.8, 4) is 0 Å². The van der Waals surface area contributed by atoms with E-state index in [0.717, 1.165) is 38.4 Å². The number of rotatable bonds is 6. The summed E-state index contributed by atoms with van der Waals surface area (Å²) >= 11 is 0. The zero-order valence-corrected chi connectivity index (χ0v) is 12.7. The minimum Gasteiger partial charge on any atom is -0.355 e. The molecule has 1 aliphatic rings. The van der Waals surface area contributed by atoms with Crippen molar-refractivity contribution in [1.29, 1.82) is 0 Å². The molecule has 0 amide bonds. The quantitative estimate of drug-likeness (QED) is 0.808. The molecule has 0 saturated carbocycles. The fourth-order valence-corrected chi connectivity index (χ4v) is 2.73. The molecule has 112 valence electrons. The highest BCUT2D eigenvalue weighted by molar-refractivity contribution is 5.39. The van der Waals surface area contributed by atoms with Crippen LogP contribution in [-0.4, -0.2) is 49.2 Å². The van der Waals surface area contributed by atoms with Gasteiger partial charge in [-0.1, -0.05) is 12.5 Å². The Hall–Kier alpha value is -1.13. The first-order chi connectivity index (χ1) is 9.79. The Labute approximate surface area is 123 Å². The smallest absolute Gasteiger partial charge is 0.128 e. The van der Waals surface area contributed by atoms with Crippen molar-refractivity contribution in [2.45, 2.75) is 32.6 Å². The Morgan fingerprint density at radius 3 is 2.75 bits per heavy atom. The van der Waals surface area contributed by atoms with Gasteiger partial charge in [-0.15, -0.1) is 0 Å². The number of hydrogen-bond acceptors (Lipinski definition) is 4. The summed E-state index contributed by atoms with van der Waals surface area (Å²) in [6.45, 7) is 8.70. The van der Waals surface area contributed by atoms with Gasteiger partial charge in [0.25, 0.3) is 0 Å². The summed E-state index contributed by atoms with van der Waals surface area (Å²) < 4.78 is 0. The first kappa shape index (κ1) is 15.3. The van der Waals surface area contributed by atoms with Crippen molar-refractivity contribution in [2.75, 3.05) is 44.2 Å². The van der Waals surface area contributed by atoms with Crippen molar-refractivity contribution >= 4 is 5.82 Å². The van der Waals surface area contributed by atoms with Crippen molar-refractivity contribution in [3.63, 3.8) is 0 Å². The summed E-state index contributed by atoms with van der Waals surface area (Å²) in [5.41, 5.74) is 6.77. The van der Waals surface area contributed by atoms with Crippen molar-refractivity contribution in [3.05, 3.63) is 23.9 Å². The Kier molecular flexibility index (Phi) is 6.27. The van der Waals surface area contributed by atoms with E-state index < -0.39 is 0 Å². The molecule has 1 aromatic heterocycles. The maximum atomic E-state index is 5.54. The van der Waals surface area contributed by atoms with Crippen molar-refractivity contribution in [2.24, 2.45) is 5.73 Å². The van der Waals surface area contributed by atoms with E-state index in [-0.39, 0.29) is 0 Å². The summed E-state index contributed by atoms with van der Waals surface area (Å²) in [7, 11) is 0. The molecule has 0 spiro atoms. The van der Waals surface area contributed by atoms with E-state index in [0.29, 0.717) is 0 Å². The predicted octanol–water partition coefficient (Wildman–Crippen LogP) is 2.03. The summed E-state index contributed by atoms with van der Waals surface area (Å²) in [4.78, 5) is 9.55. The van der Waals surface area contributed by atoms with E-state index in [2.05, 4.69) is 33.8 Å². The van der Waals surface area contributed by atoms with Crippen LogP contribution >= 0.6 is 0 Å². The zero-order chi connectivity index (χ0) is 14.2. The second kappa shape index (κ2) is 8.22. The molecule has 4 heteroatoms. The van der Waals surface area contributed by atoms with Crippen molar-refractivity contribution in [1.82, 2.24) is 9.88 Å². The van der Waals surface area contributed by atoms with Gasteiger partial charge in [0, 0.05) is 25.8 Å². The predicted molar refractivity (Wildman–Crippen MR) is 85.1 cm³/mol. The Morgan fingerprint density at radius 2 is 2.00 bits per heavy atom. The zero-order valence-electron chi connectivity index (χ0n) is 12.7. The second-order valence-corrected chi connectivity index (χ2v) is 5.73. The maximum Gasteiger partial charge on any atom is 0.128 e. The Bertz CT molecular complexity index is 377. The van der Waals surface area contributed by atoms with Crippen LogP contribution in [0.4, 0.5) is 5.82 Å². The lowest BCUT2D eigenvalue weighted by Crippen LogP contribution is -2.31. The minimum absolute atomic E-state index is 0.826. The number of nitrogens with two attached hydrogens (primary N) is 1. The normalized spacial score (nSPS) is 17.2. The van der Waals surface area contributed by atoms with Crippen LogP contribution in [-0.2, 0) is 0 Å². The molecule has 4 nitrogen and oxygen atoms in total. The van der Waals surface area contributed by atoms with Crippen LogP contribution in [0, 0.1) is 6.92 Å². The van der Waals surface area contributed by atoms with Crippen LogP contribution in [0.25, 0.3) is 0 Å². The lowest BCUT2D eigenvalue weighted by molar-refractivity contribution is 0.286. The van der Waals surface area contributed by atoms with Gasteiger partial charge in [0.1, 0.15) is 5.82 Å². The number of aromatic nitrogens is 1. The Balaban J connectivity index is 1.78. The van der Waals surface area contributed by atoms with E-state index in [4.69, 9.17) is 5.73 Å². The number of aryl methyl sites for hydroxylation is 1. The average Bonchev–Trinajstić information content (AvgIpc) is 2.70. The molecule has 1 aromatic rings. The number of unbranched alkanes of at least 4 members (excludes halogenated alkanes) is 2. The molecule has 0 atom stereocenters. The second-order valence-electron chi connectivity index (χ2n) is 5.73.